The van der Waals surface area contributed by atoms with E-state index in [0.717, 1.165) is 25.1 Å². The molecule has 2 unspecified atom stereocenters. The van der Waals surface area contributed by atoms with Gasteiger partial charge in [0.15, 0.2) is 16.8 Å². The van der Waals surface area contributed by atoms with Gasteiger partial charge in [-0.15, -0.1) is 0 Å². The van der Waals surface area contributed by atoms with Gasteiger partial charge in [0.2, 0.25) is 5.88 Å². The van der Waals surface area contributed by atoms with E-state index in [9.17, 15) is 27.2 Å². The predicted molar refractivity (Wildman–Crippen MR) is 134 cm³/mol. The first-order valence-corrected chi connectivity index (χ1v) is 11.9. The van der Waals surface area contributed by atoms with Crippen LogP contribution in [0.2, 0.25) is 0 Å². The Balaban J connectivity index is 1.56. The first-order chi connectivity index (χ1) is 18.7. The molecule has 0 fully saturated rings. The van der Waals surface area contributed by atoms with Gasteiger partial charge in [-0.25, -0.2) is 19.2 Å². The highest BCUT2D eigenvalue weighted by Crippen LogP contribution is 2.47. The number of carbonyl (C=O) groups excluding carboxylic acids is 1. The van der Waals surface area contributed by atoms with Crippen LogP contribution in [0.15, 0.2) is 45.6 Å². The lowest BCUT2D eigenvalue weighted by atomic mass is 9.82. The van der Waals surface area contributed by atoms with Crippen LogP contribution >= 0.6 is 0 Å². The fraction of sp³-hybridized carbons (Fsp3) is 0.308. The van der Waals surface area contributed by atoms with Crippen molar-refractivity contribution in [2.45, 2.75) is 31.0 Å². The van der Waals surface area contributed by atoms with Crippen LogP contribution in [-0.2, 0) is 11.0 Å². The SMILES string of the molecule is COc1nc(C(=O)NCC(C)(c2cc3c(c(-c4ccc(F)cc4)n2)OCC3(C)N)C(F)(F)F)cc2oc(=O)[nH]c12. The standard InChI is InChI=1S/C26H23F4N5O5/c1-24(26(28,29)30,10-32-21(36)15-9-16-19(22(33-15)38-3)35-23(37)40-16)17-8-14-20(39-11-25(14,2)31)18(34-17)12-4-6-13(27)7-5-12/h4-9H,10-11,31H2,1-3H3,(H,32,36)(H,35,37). The summed E-state index contributed by atoms with van der Waals surface area (Å²) in [4.78, 5) is 35.1. The maximum Gasteiger partial charge on any atom is 0.417 e. The molecule has 2 atom stereocenters. The normalized spacial score (nSPS) is 18.2. The summed E-state index contributed by atoms with van der Waals surface area (Å²) in [5.41, 5.74) is 2.42. The quantitative estimate of drug-likeness (QED) is 0.303. The number of amides is 1. The zero-order chi connectivity index (χ0) is 29.0. The van der Waals surface area contributed by atoms with E-state index in [1.165, 1.54) is 25.3 Å². The van der Waals surface area contributed by atoms with E-state index in [1.54, 1.807) is 6.92 Å². The van der Waals surface area contributed by atoms with Crippen LogP contribution in [0.25, 0.3) is 22.4 Å². The molecule has 1 aliphatic rings. The summed E-state index contributed by atoms with van der Waals surface area (Å²) in [5.74, 6) is -2.30. The average Bonchev–Trinajstić information content (AvgIpc) is 3.43. The Kier molecular flexibility index (Phi) is 6.32. The minimum absolute atomic E-state index is 0.00755. The van der Waals surface area contributed by atoms with Crippen LogP contribution in [-0.4, -0.2) is 47.3 Å². The van der Waals surface area contributed by atoms with Gasteiger partial charge in [-0.1, -0.05) is 0 Å². The predicted octanol–water partition coefficient (Wildman–Crippen LogP) is 3.54. The van der Waals surface area contributed by atoms with Crippen LogP contribution in [0.4, 0.5) is 17.6 Å². The summed E-state index contributed by atoms with van der Waals surface area (Å²) in [6.45, 7) is 1.55. The lowest BCUT2D eigenvalue weighted by Crippen LogP contribution is -2.49. The molecule has 0 aliphatic carbocycles. The number of fused-ring (bicyclic) bond motifs is 2. The number of hydrogen-bond donors (Lipinski definition) is 3. The van der Waals surface area contributed by atoms with Gasteiger partial charge in [0.1, 0.15) is 29.2 Å². The van der Waals surface area contributed by atoms with Crippen molar-refractivity contribution in [2.75, 3.05) is 20.3 Å². The highest BCUT2D eigenvalue weighted by molar-refractivity contribution is 5.96. The van der Waals surface area contributed by atoms with Crippen molar-refractivity contribution in [1.82, 2.24) is 20.3 Å². The van der Waals surface area contributed by atoms with E-state index < -0.39 is 46.8 Å². The number of rotatable bonds is 6. The second kappa shape index (κ2) is 9.33. The molecule has 4 heterocycles. The number of halogens is 4. The van der Waals surface area contributed by atoms with Crippen molar-refractivity contribution in [3.8, 4) is 22.9 Å². The van der Waals surface area contributed by atoms with Crippen molar-refractivity contribution in [1.29, 1.82) is 0 Å². The molecule has 3 aromatic heterocycles. The number of carbonyl (C=O) groups is 1. The molecule has 5 rings (SSSR count). The molecule has 0 bridgehead atoms. The Morgan fingerprint density at radius 1 is 1.23 bits per heavy atom. The molecule has 0 radical (unpaired) electrons. The third kappa shape index (κ3) is 4.53. The van der Waals surface area contributed by atoms with Crippen molar-refractivity contribution in [3.63, 3.8) is 0 Å². The van der Waals surface area contributed by atoms with Crippen LogP contribution in [0.1, 0.15) is 35.6 Å². The minimum Gasteiger partial charge on any atom is -0.489 e. The van der Waals surface area contributed by atoms with Gasteiger partial charge in [0.25, 0.3) is 5.91 Å². The van der Waals surface area contributed by atoms with E-state index in [-0.39, 0.29) is 46.3 Å². The summed E-state index contributed by atoms with van der Waals surface area (Å²) in [5, 5.41) is 2.26. The van der Waals surface area contributed by atoms with Crippen LogP contribution < -0.4 is 26.3 Å². The van der Waals surface area contributed by atoms with Gasteiger partial charge in [-0.2, -0.15) is 13.2 Å². The van der Waals surface area contributed by atoms with E-state index >= 15 is 0 Å². The summed E-state index contributed by atoms with van der Waals surface area (Å²) in [6, 6.07) is 7.38. The lowest BCUT2D eigenvalue weighted by molar-refractivity contribution is -0.184. The van der Waals surface area contributed by atoms with Crippen molar-refractivity contribution in [2.24, 2.45) is 5.73 Å². The van der Waals surface area contributed by atoms with E-state index in [4.69, 9.17) is 19.6 Å². The number of alkyl halides is 3. The average molecular weight is 561 g/mol. The molecular weight excluding hydrogens is 538 g/mol. The fourth-order valence-corrected chi connectivity index (χ4v) is 4.36. The minimum atomic E-state index is -4.89. The van der Waals surface area contributed by atoms with Gasteiger partial charge < -0.3 is 24.9 Å². The fourth-order valence-electron chi connectivity index (χ4n) is 4.36. The van der Waals surface area contributed by atoms with Gasteiger partial charge in [0.05, 0.1) is 18.3 Å². The Bertz CT molecular complexity index is 1680. The molecule has 210 valence electrons. The summed E-state index contributed by atoms with van der Waals surface area (Å²) < 4.78 is 73.4. The van der Waals surface area contributed by atoms with Crippen LogP contribution in [0.5, 0.6) is 11.6 Å². The number of aromatic nitrogens is 3. The molecule has 4 N–H and O–H groups in total. The maximum atomic E-state index is 14.7. The Hall–Kier alpha value is -4.46. The van der Waals surface area contributed by atoms with Gasteiger partial charge in [-0.3, -0.25) is 9.78 Å². The second-order valence-corrected chi connectivity index (χ2v) is 9.86. The van der Waals surface area contributed by atoms with Gasteiger partial charge in [0, 0.05) is 23.7 Å². The third-order valence-corrected chi connectivity index (χ3v) is 6.82. The van der Waals surface area contributed by atoms with Crippen LogP contribution in [0, 0.1) is 5.82 Å². The topological polar surface area (TPSA) is 145 Å². The Morgan fingerprint density at radius 3 is 2.58 bits per heavy atom. The molecule has 14 heteroatoms. The molecule has 0 saturated heterocycles. The van der Waals surface area contributed by atoms with E-state index in [0.29, 0.717) is 5.56 Å². The van der Waals surface area contributed by atoms with Crippen molar-refractivity contribution < 1.29 is 36.2 Å². The molecule has 1 amide bonds. The zero-order valence-corrected chi connectivity index (χ0v) is 21.4. The molecule has 1 aliphatic heterocycles. The van der Waals surface area contributed by atoms with E-state index in [2.05, 4.69) is 20.3 Å². The largest absolute Gasteiger partial charge is 0.489 e. The monoisotopic (exact) mass is 561 g/mol. The number of methoxy groups -OCH3 is 1. The molecule has 4 aromatic rings. The third-order valence-electron chi connectivity index (χ3n) is 6.82. The summed E-state index contributed by atoms with van der Waals surface area (Å²) >= 11 is 0. The number of nitrogens with two attached hydrogens (primary N) is 1. The Labute approximate surface area is 223 Å². The van der Waals surface area contributed by atoms with Crippen molar-refractivity contribution in [3.05, 3.63) is 69.7 Å². The molecule has 0 saturated carbocycles. The zero-order valence-electron chi connectivity index (χ0n) is 21.4. The number of H-pyrrole nitrogens is 1. The smallest absolute Gasteiger partial charge is 0.417 e. The molecule has 40 heavy (non-hydrogen) atoms. The number of benzene rings is 1. The van der Waals surface area contributed by atoms with Gasteiger partial charge >= 0.3 is 11.9 Å². The Morgan fingerprint density at radius 2 is 1.93 bits per heavy atom. The highest BCUT2D eigenvalue weighted by Gasteiger charge is 2.54. The molecule has 0 spiro atoms. The number of hydrogen-bond acceptors (Lipinski definition) is 8. The molecule has 1 aromatic carbocycles. The summed E-state index contributed by atoms with van der Waals surface area (Å²) in [6.07, 6.45) is -4.89. The van der Waals surface area contributed by atoms with Crippen LogP contribution in [0.3, 0.4) is 0 Å². The number of oxazole rings is 1. The molecular formula is C26H23F4N5O5. The number of ether oxygens (including phenoxy) is 2. The number of aromatic amines is 1. The lowest BCUT2D eigenvalue weighted by Gasteiger charge is -2.33. The van der Waals surface area contributed by atoms with Crippen molar-refractivity contribution >= 4 is 17.0 Å². The van der Waals surface area contributed by atoms with E-state index in [1.807, 2.05) is 0 Å². The number of nitrogens with one attached hydrogen (secondary N) is 2. The number of nitrogens with zero attached hydrogens (tertiary/aromatic N) is 2. The molecule has 10 nitrogen and oxygen atoms in total. The summed E-state index contributed by atoms with van der Waals surface area (Å²) in [7, 11) is 1.24. The highest BCUT2D eigenvalue weighted by atomic mass is 19.4. The first-order valence-electron chi connectivity index (χ1n) is 11.9. The number of pyridine rings is 2. The maximum absolute atomic E-state index is 14.7. The first kappa shape index (κ1) is 27.1. The van der Waals surface area contributed by atoms with Gasteiger partial charge in [-0.05, 0) is 44.2 Å². The second-order valence-electron chi connectivity index (χ2n) is 9.86.